The van der Waals surface area contributed by atoms with Crippen molar-refractivity contribution in [2.45, 2.75) is 37.2 Å². The highest BCUT2D eigenvalue weighted by Gasteiger charge is 2.61. The van der Waals surface area contributed by atoms with E-state index in [2.05, 4.69) is 4.74 Å². The third-order valence-electron chi connectivity index (χ3n) is 6.45. The average molecular weight is 507 g/mol. The van der Waals surface area contributed by atoms with Crippen molar-refractivity contribution in [1.29, 1.82) is 0 Å². The first-order valence-corrected chi connectivity index (χ1v) is 11.5. The summed E-state index contributed by atoms with van der Waals surface area (Å²) >= 11 is 12.2. The largest absolute Gasteiger partial charge is 0.573 e. The molecule has 1 aliphatic carbocycles. The minimum Gasteiger partial charge on any atom is -0.406 e. The standard InChI is InChI=1S/C25H19Cl2F3N2O2/c26-17-6-10-19(11-7-17)31-22-5-2-14-24(22,16-3-1-4-21(15-16)34-25(28,29)30)32(23(31)33)20-12-8-18(27)9-13-20/h1,3-4,6-13,15,22H,2,5,14H2/t22-,24?/m0/s1. The molecule has 2 atom stereocenters. The molecule has 0 aromatic heterocycles. The highest BCUT2D eigenvalue weighted by molar-refractivity contribution is 6.31. The lowest BCUT2D eigenvalue weighted by atomic mass is 9.83. The molecule has 3 aromatic rings. The van der Waals surface area contributed by atoms with Crippen LogP contribution in [0.15, 0.2) is 72.8 Å². The van der Waals surface area contributed by atoms with Crippen LogP contribution < -0.4 is 14.5 Å². The molecule has 1 saturated heterocycles. The van der Waals surface area contributed by atoms with Gasteiger partial charge < -0.3 is 4.74 Å². The monoisotopic (exact) mass is 506 g/mol. The van der Waals surface area contributed by atoms with Gasteiger partial charge in [0.1, 0.15) is 5.75 Å². The van der Waals surface area contributed by atoms with Crippen LogP contribution in [0.5, 0.6) is 5.75 Å². The van der Waals surface area contributed by atoms with Crippen molar-refractivity contribution in [1.82, 2.24) is 0 Å². The van der Waals surface area contributed by atoms with Gasteiger partial charge in [-0.05, 0) is 85.5 Å². The number of urea groups is 1. The van der Waals surface area contributed by atoms with Gasteiger partial charge >= 0.3 is 12.4 Å². The number of amides is 2. The maximum atomic E-state index is 14.0. The van der Waals surface area contributed by atoms with E-state index in [1.54, 1.807) is 64.4 Å². The van der Waals surface area contributed by atoms with Gasteiger partial charge in [0.05, 0.1) is 11.6 Å². The maximum Gasteiger partial charge on any atom is 0.573 e. The Labute approximate surface area is 204 Å². The Morgan fingerprint density at radius 3 is 2.15 bits per heavy atom. The van der Waals surface area contributed by atoms with Crippen molar-refractivity contribution < 1.29 is 22.7 Å². The van der Waals surface area contributed by atoms with E-state index >= 15 is 0 Å². The van der Waals surface area contributed by atoms with Crippen molar-refractivity contribution in [3.63, 3.8) is 0 Å². The molecular weight excluding hydrogens is 488 g/mol. The second-order valence-corrected chi connectivity index (χ2v) is 9.22. The van der Waals surface area contributed by atoms with Crippen molar-refractivity contribution in [2.24, 2.45) is 0 Å². The number of alkyl halides is 3. The number of hydrogen-bond acceptors (Lipinski definition) is 2. The van der Waals surface area contributed by atoms with Gasteiger partial charge in [-0.25, -0.2) is 4.79 Å². The van der Waals surface area contributed by atoms with Gasteiger partial charge in [0.2, 0.25) is 0 Å². The summed E-state index contributed by atoms with van der Waals surface area (Å²) in [5.41, 5.74) is 0.969. The number of carbonyl (C=O) groups is 1. The summed E-state index contributed by atoms with van der Waals surface area (Å²) in [5, 5.41) is 1.06. The smallest absolute Gasteiger partial charge is 0.406 e. The van der Waals surface area contributed by atoms with Crippen LogP contribution in [-0.4, -0.2) is 18.4 Å². The first kappa shape index (κ1) is 22.9. The number of fused-ring (bicyclic) bond motifs is 1. The number of hydrogen-bond donors (Lipinski definition) is 0. The lowest BCUT2D eigenvalue weighted by molar-refractivity contribution is -0.274. The van der Waals surface area contributed by atoms with E-state index in [0.717, 1.165) is 6.42 Å². The van der Waals surface area contributed by atoms with Crippen LogP contribution in [0.2, 0.25) is 10.0 Å². The van der Waals surface area contributed by atoms with Crippen molar-refractivity contribution >= 4 is 40.6 Å². The Kier molecular flexibility index (Phi) is 5.65. The minimum atomic E-state index is -4.82. The molecule has 34 heavy (non-hydrogen) atoms. The molecular formula is C25H19Cl2F3N2O2. The topological polar surface area (TPSA) is 32.8 Å². The second-order valence-electron chi connectivity index (χ2n) is 8.35. The predicted molar refractivity (Wildman–Crippen MR) is 126 cm³/mol. The summed E-state index contributed by atoms with van der Waals surface area (Å²) in [6, 6.07) is 19.2. The summed E-state index contributed by atoms with van der Waals surface area (Å²) in [6.45, 7) is 0. The Balaban J connectivity index is 1.68. The summed E-state index contributed by atoms with van der Waals surface area (Å²) < 4.78 is 43.1. The third-order valence-corrected chi connectivity index (χ3v) is 6.96. The lowest BCUT2D eigenvalue weighted by Crippen LogP contribution is -2.46. The van der Waals surface area contributed by atoms with Gasteiger partial charge in [-0.2, -0.15) is 0 Å². The molecule has 5 rings (SSSR count). The Hall–Kier alpha value is -2.90. The molecule has 3 aromatic carbocycles. The number of ether oxygens (including phenoxy) is 1. The van der Waals surface area contributed by atoms with Crippen molar-refractivity contribution in [3.05, 3.63) is 88.4 Å². The van der Waals surface area contributed by atoms with Crippen LogP contribution in [0.4, 0.5) is 29.3 Å². The van der Waals surface area contributed by atoms with E-state index in [9.17, 15) is 18.0 Å². The molecule has 9 heteroatoms. The Morgan fingerprint density at radius 1 is 0.912 bits per heavy atom. The molecule has 0 N–H and O–H groups in total. The van der Waals surface area contributed by atoms with Crippen molar-refractivity contribution in [2.75, 3.05) is 9.80 Å². The molecule has 2 amide bonds. The molecule has 1 unspecified atom stereocenters. The SMILES string of the molecule is O=C1N(c2ccc(Cl)cc2)[C@H]2CCCC2(c2cccc(OC(F)(F)F)c2)N1c1ccc(Cl)cc1. The summed E-state index contributed by atoms with van der Waals surface area (Å²) in [6.07, 6.45) is -2.77. The molecule has 2 aliphatic rings. The first-order valence-electron chi connectivity index (χ1n) is 10.7. The quantitative estimate of drug-likeness (QED) is 0.361. The number of anilines is 2. The van der Waals surface area contributed by atoms with Crippen LogP contribution in [-0.2, 0) is 5.54 Å². The zero-order chi connectivity index (χ0) is 24.1. The molecule has 1 saturated carbocycles. The van der Waals surface area contributed by atoms with E-state index in [1.165, 1.54) is 18.2 Å². The van der Waals surface area contributed by atoms with Crippen LogP contribution in [0.1, 0.15) is 24.8 Å². The van der Waals surface area contributed by atoms with Crippen LogP contribution >= 0.6 is 23.2 Å². The highest BCUT2D eigenvalue weighted by Crippen LogP contribution is 2.54. The number of halogens is 5. The normalized spacial score (nSPS) is 22.3. The fourth-order valence-corrected chi connectivity index (χ4v) is 5.49. The first-order chi connectivity index (χ1) is 16.2. The van der Waals surface area contributed by atoms with E-state index in [4.69, 9.17) is 23.2 Å². The predicted octanol–water partition coefficient (Wildman–Crippen LogP) is 7.79. The summed E-state index contributed by atoms with van der Waals surface area (Å²) in [4.78, 5) is 17.4. The van der Waals surface area contributed by atoms with Crippen LogP contribution in [0.3, 0.4) is 0 Å². The van der Waals surface area contributed by atoms with Gasteiger partial charge in [-0.1, -0.05) is 35.3 Å². The van der Waals surface area contributed by atoms with Gasteiger partial charge in [-0.15, -0.1) is 13.2 Å². The average Bonchev–Trinajstić information content (AvgIpc) is 3.30. The fourth-order valence-electron chi connectivity index (χ4n) is 5.24. The highest BCUT2D eigenvalue weighted by atomic mass is 35.5. The molecule has 1 heterocycles. The molecule has 0 bridgehead atoms. The van der Waals surface area contributed by atoms with Gasteiger partial charge in [-0.3, -0.25) is 9.80 Å². The van der Waals surface area contributed by atoms with E-state index in [1.807, 2.05) is 0 Å². The van der Waals surface area contributed by atoms with Gasteiger partial charge in [0.25, 0.3) is 0 Å². The number of rotatable bonds is 4. The molecule has 176 valence electrons. The van der Waals surface area contributed by atoms with E-state index in [-0.39, 0.29) is 17.8 Å². The summed E-state index contributed by atoms with van der Waals surface area (Å²) in [7, 11) is 0. The second kappa shape index (κ2) is 8.40. The number of carbonyl (C=O) groups excluding carboxylic acids is 1. The van der Waals surface area contributed by atoms with E-state index < -0.39 is 11.9 Å². The zero-order valence-electron chi connectivity index (χ0n) is 17.7. The summed E-state index contributed by atoms with van der Waals surface area (Å²) in [5.74, 6) is -0.321. The number of benzene rings is 3. The van der Waals surface area contributed by atoms with Crippen LogP contribution in [0.25, 0.3) is 0 Å². The van der Waals surface area contributed by atoms with Gasteiger partial charge in [0.15, 0.2) is 0 Å². The Morgan fingerprint density at radius 2 is 1.53 bits per heavy atom. The Bertz CT molecular complexity index is 1220. The molecule has 0 radical (unpaired) electrons. The third kappa shape index (κ3) is 3.87. The number of nitrogens with zero attached hydrogens (tertiary/aromatic N) is 2. The molecule has 2 fully saturated rings. The van der Waals surface area contributed by atoms with Crippen LogP contribution in [0, 0.1) is 0 Å². The maximum absolute atomic E-state index is 14.0. The lowest BCUT2D eigenvalue weighted by Gasteiger charge is -2.38. The van der Waals surface area contributed by atoms with Gasteiger partial charge in [0, 0.05) is 21.4 Å². The minimum absolute atomic E-state index is 0.267. The van der Waals surface area contributed by atoms with Crippen molar-refractivity contribution in [3.8, 4) is 5.75 Å². The molecule has 1 aliphatic heterocycles. The molecule has 4 nitrogen and oxygen atoms in total. The zero-order valence-corrected chi connectivity index (χ0v) is 19.2. The molecule has 0 spiro atoms. The van der Waals surface area contributed by atoms with E-state index in [0.29, 0.717) is 39.8 Å². The fraction of sp³-hybridized carbons (Fsp3) is 0.240.